The predicted molar refractivity (Wildman–Crippen MR) is 116 cm³/mol. The minimum Gasteiger partial charge on any atom is -0.448 e. The highest BCUT2D eigenvalue weighted by Gasteiger charge is 2.19. The van der Waals surface area contributed by atoms with E-state index in [-0.39, 0.29) is 37.6 Å². The molecule has 0 aliphatic rings. The van der Waals surface area contributed by atoms with Crippen molar-refractivity contribution in [1.29, 1.82) is 0 Å². The molecule has 0 spiro atoms. The fraction of sp³-hybridized carbons (Fsp3) is 0.842. The van der Waals surface area contributed by atoms with E-state index in [1.54, 1.807) is 0 Å². The molecule has 11 nitrogen and oxygen atoms in total. The van der Waals surface area contributed by atoms with E-state index in [0.717, 1.165) is 32.1 Å². The standard InChI is InChI=1S/C19H41N7O4/c20-8-2-1-7-16(15-30-19(23)29)25-17(27)14-26(12-6-4-10-22)18(28)13-24-11-5-3-9-21/h16,24H,1-15,20-22H2,(H2,23,29)(H,25,27). The molecule has 0 saturated heterocycles. The molecule has 10 N–H and O–H groups in total. The lowest BCUT2D eigenvalue weighted by molar-refractivity contribution is -0.135. The highest BCUT2D eigenvalue weighted by Crippen LogP contribution is 2.03. The number of carbonyl (C=O) groups excluding carboxylic acids is 3. The Morgan fingerprint density at radius 1 is 0.900 bits per heavy atom. The van der Waals surface area contributed by atoms with Gasteiger partial charge in [-0.1, -0.05) is 6.42 Å². The molecule has 3 amide bonds. The third kappa shape index (κ3) is 15.9. The molecule has 0 aromatic rings. The molecular weight excluding hydrogens is 390 g/mol. The van der Waals surface area contributed by atoms with Gasteiger partial charge in [0, 0.05) is 6.54 Å². The van der Waals surface area contributed by atoms with Gasteiger partial charge in [-0.2, -0.15) is 0 Å². The number of nitrogens with two attached hydrogens (primary N) is 4. The molecule has 0 fully saturated rings. The van der Waals surface area contributed by atoms with Gasteiger partial charge in [-0.3, -0.25) is 9.59 Å². The summed E-state index contributed by atoms with van der Waals surface area (Å²) in [5, 5.41) is 5.91. The summed E-state index contributed by atoms with van der Waals surface area (Å²) >= 11 is 0. The molecule has 0 aromatic carbocycles. The van der Waals surface area contributed by atoms with Gasteiger partial charge >= 0.3 is 6.09 Å². The van der Waals surface area contributed by atoms with Crippen molar-refractivity contribution < 1.29 is 19.1 Å². The van der Waals surface area contributed by atoms with Crippen molar-refractivity contribution in [1.82, 2.24) is 15.5 Å². The van der Waals surface area contributed by atoms with E-state index in [0.29, 0.717) is 45.6 Å². The van der Waals surface area contributed by atoms with Crippen LogP contribution in [0.2, 0.25) is 0 Å². The number of hydrogen-bond acceptors (Lipinski definition) is 8. The topological polar surface area (TPSA) is 192 Å². The maximum Gasteiger partial charge on any atom is 0.404 e. The van der Waals surface area contributed by atoms with Crippen LogP contribution in [0.25, 0.3) is 0 Å². The molecule has 0 radical (unpaired) electrons. The smallest absolute Gasteiger partial charge is 0.404 e. The molecule has 0 aromatic heterocycles. The first-order valence-electron chi connectivity index (χ1n) is 10.7. The molecule has 1 unspecified atom stereocenters. The van der Waals surface area contributed by atoms with Gasteiger partial charge in [0.2, 0.25) is 11.8 Å². The van der Waals surface area contributed by atoms with Gasteiger partial charge in [0.1, 0.15) is 6.61 Å². The van der Waals surface area contributed by atoms with E-state index in [1.807, 2.05) is 0 Å². The van der Waals surface area contributed by atoms with Crippen molar-refractivity contribution >= 4 is 17.9 Å². The lowest BCUT2D eigenvalue weighted by Crippen LogP contribution is -2.48. The monoisotopic (exact) mass is 431 g/mol. The zero-order valence-corrected chi connectivity index (χ0v) is 18.1. The lowest BCUT2D eigenvalue weighted by atomic mass is 10.1. The normalized spacial score (nSPS) is 11.7. The van der Waals surface area contributed by atoms with Crippen molar-refractivity contribution in [2.75, 3.05) is 52.4 Å². The third-order valence-corrected chi connectivity index (χ3v) is 4.45. The average molecular weight is 432 g/mol. The van der Waals surface area contributed by atoms with Crippen LogP contribution in [-0.4, -0.2) is 81.3 Å². The summed E-state index contributed by atoms with van der Waals surface area (Å²) in [6.45, 7) is 2.90. The second kappa shape index (κ2) is 19.0. The number of ether oxygens (including phenoxy) is 1. The van der Waals surface area contributed by atoms with E-state index in [1.165, 1.54) is 4.90 Å². The van der Waals surface area contributed by atoms with E-state index in [9.17, 15) is 14.4 Å². The first kappa shape index (κ1) is 28.1. The number of nitrogens with one attached hydrogen (secondary N) is 2. The molecule has 0 bridgehead atoms. The molecule has 0 rings (SSSR count). The van der Waals surface area contributed by atoms with Gasteiger partial charge in [0.05, 0.1) is 19.1 Å². The number of amides is 3. The van der Waals surface area contributed by atoms with Gasteiger partial charge in [-0.15, -0.1) is 0 Å². The Labute approximate surface area is 179 Å². The van der Waals surface area contributed by atoms with Crippen LogP contribution in [0.1, 0.15) is 44.9 Å². The largest absolute Gasteiger partial charge is 0.448 e. The zero-order chi connectivity index (χ0) is 22.6. The Bertz CT molecular complexity index is 480. The highest BCUT2D eigenvalue weighted by molar-refractivity contribution is 5.85. The van der Waals surface area contributed by atoms with Crippen LogP contribution in [-0.2, 0) is 14.3 Å². The van der Waals surface area contributed by atoms with Crippen LogP contribution in [0.15, 0.2) is 0 Å². The van der Waals surface area contributed by atoms with Gasteiger partial charge < -0.3 is 43.2 Å². The molecule has 11 heteroatoms. The average Bonchev–Trinajstić information content (AvgIpc) is 2.71. The summed E-state index contributed by atoms with van der Waals surface area (Å²) < 4.78 is 4.83. The molecule has 0 aliphatic heterocycles. The number of carbonyl (C=O) groups is 3. The summed E-state index contributed by atoms with van der Waals surface area (Å²) in [4.78, 5) is 37.5. The molecule has 0 aliphatic carbocycles. The first-order chi connectivity index (χ1) is 14.4. The van der Waals surface area contributed by atoms with Crippen LogP contribution in [0, 0.1) is 0 Å². The van der Waals surface area contributed by atoms with Crippen molar-refractivity contribution in [2.45, 2.75) is 51.0 Å². The maximum atomic E-state index is 12.5. The van der Waals surface area contributed by atoms with Crippen LogP contribution >= 0.6 is 0 Å². The lowest BCUT2D eigenvalue weighted by Gasteiger charge is -2.24. The summed E-state index contributed by atoms with van der Waals surface area (Å²) in [6.07, 6.45) is 4.53. The molecular formula is C19H41N7O4. The van der Waals surface area contributed by atoms with E-state index >= 15 is 0 Å². The zero-order valence-electron chi connectivity index (χ0n) is 18.1. The first-order valence-corrected chi connectivity index (χ1v) is 10.7. The molecule has 30 heavy (non-hydrogen) atoms. The number of rotatable bonds is 19. The molecule has 0 saturated carbocycles. The van der Waals surface area contributed by atoms with Crippen molar-refractivity contribution in [3.05, 3.63) is 0 Å². The SMILES string of the molecule is NCCCCNCC(=O)N(CCCCN)CC(=O)NC(CCCCN)COC(N)=O. The minimum absolute atomic E-state index is 0.0184. The van der Waals surface area contributed by atoms with E-state index in [4.69, 9.17) is 27.7 Å². The fourth-order valence-electron chi connectivity index (χ4n) is 2.80. The van der Waals surface area contributed by atoms with Gasteiger partial charge in [-0.05, 0) is 64.7 Å². The number of nitrogens with zero attached hydrogens (tertiary/aromatic N) is 1. The van der Waals surface area contributed by atoms with Crippen molar-refractivity contribution in [2.24, 2.45) is 22.9 Å². The van der Waals surface area contributed by atoms with Crippen LogP contribution < -0.4 is 33.6 Å². The van der Waals surface area contributed by atoms with Crippen LogP contribution in [0.4, 0.5) is 4.79 Å². The summed E-state index contributed by atoms with van der Waals surface area (Å²) in [6, 6.07) is -0.382. The van der Waals surface area contributed by atoms with Crippen molar-refractivity contribution in [3.8, 4) is 0 Å². The minimum atomic E-state index is -0.896. The summed E-state index contributed by atoms with van der Waals surface area (Å²) in [5.74, 6) is -0.465. The fourth-order valence-corrected chi connectivity index (χ4v) is 2.80. The maximum absolute atomic E-state index is 12.5. The molecule has 176 valence electrons. The Kier molecular flexibility index (Phi) is 17.8. The Morgan fingerprint density at radius 3 is 2.17 bits per heavy atom. The van der Waals surface area contributed by atoms with Gasteiger partial charge in [0.15, 0.2) is 0 Å². The second-order valence-electron chi connectivity index (χ2n) is 7.16. The third-order valence-electron chi connectivity index (χ3n) is 4.45. The predicted octanol–water partition coefficient (Wildman–Crippen LogP) is -1.41. The Balaban J connectivity index is 4.69. The van der Waals surface area contributed by atoms with Crippen molar-refractivity contribution in [3.63, 3.8) is 0 Å². The highest BCUT2D eigenvalue weighted by atomic mass is 16.5. The van der Waals surface area contributed by atoms with Gasteiger partial charge in [0.25, 0.3) is 0 Å². The quantitative estimate of drug-likeness (QED) is 0.134. The Morgan fingerprint density at radius 2 is 1.53 bits per heavy atom. The molecule has 0 heterocycles. The summed E-state index contributed by atoms with van der Waals surface area (Å²) in [5.41, 5.74) is 21.5. The Hall–Kier alpha value is -1.95. The van der Waals surface area contributed by atoms with E-state index < -0.39 is 6.09 Å². The number of hydrogen-bond donors (Lipinski definition) is 6. The summed E-state index contributed by atoms with van der Waals surface area (Å²) in [7, 11) is 0. The van der Waals surface area contributed by atoms with Crippen LogP contribution in [0.5, 0.6) is 0 Å². The number of primary amides is 1. The van der Waals surface area contributed by atoms with Crippen LogP contribution in [0.3, 0.4) is 0 Å². The van der Waals surface area contributed by atoms with E-state index in [2.05, 4.69) is 10.6 Å². The second-order valence-corrected chi connectivity index (χ2v) is 7.16. The van der Waals surface area contributed by atoms with Gasteiger partial charge in [-0.25, -0.2) is 4.79 Å². The molecule has 1 atom stereocenters. The number of unbranched alkanes of at least 4 members (excludes halogenated alkanes) is 3.